The number of nitrogens with zero attached hydrogens (tertiary/aromatic N) is 4. The van der Waals surface area contributed by atoms with Crippen LogP contribution in [0.25, 0.3) is 21.3 Å². The molecule has 1 aromatic heterocycles. The Morgan fingerprint density at radius 2 is 1.89 bits per heavy atom. The van der Waals surface area contributed by atoms with Gasteiger partial charge in [0.25, 0.3) is 5.91 Å². The molecule has 3 aromatic rings. The van der Waals surface area contributed by atoms with Gasteiger partial charge in [-0.2, -0.15) is 0 Å². The van der Waals surface area contributed by atoms with Gasteiger partial charge in [-0.3, -0.25) is 14.2 Å². The van der Waals surface area contributed by atoms with E-state index in [2.05, 4.69) is 10.0 Å². The maximum absolute atomic E-state index is 13.2. The summed E-state index contributed by atoms with van der Waals surface area (Å²) in [5.74, 6) is -1.49. The maximum atomic E-state index is 13.2. The Balaban J connectivity index is 2.22. The molecule has 0 aliphatic heterocycles. The molecule has 0 fully saturated rings. The SMILES string of the molecule is COc1ccc2c(c1)c(C(C)C(=O)O)c(C)n2C(=O)c1ccc(N=[N+]=[N-])cc1. The third kappa shape index (κ3) is 3.17. The Bertz CT molecular complexity index is 1130. The summed E-state index contributed by atoms with van der Waals surface area (Å²) in [7, 11) is 1.53. The average molecular weight is 378 g/mol. The average Bonchev–Trinajstić information content (AvgIpc) is 2.98. The van der Waals surface area contributed by atoms with E-state index in [0.29, 0.717) is 39.2 Å². The number of aliphatic carboxylic acids is 1. The summed E-state index contributed by atoms with van der Waals surface area (Å²) in [6, 6.07) is 11.5. The number of carboxylic acids is 1. The molecule has 0 amide bonds. The molecule has 1 atom stereocenters. The van der Waals surface area contributed by atoms with E-state index in [1.54, 1.807) is 56.3 Å². The van der Waals surface area contributed by atoms with Crippen molar-refractivity contribution in [3.63, 3.8) is 0 Å². The van der Waals surface area contributed by atoms with Crippen LogP contribution < -0.4 is 4.74 Å². The minimum atomic E-state index is -0.976. The predicted octanol–water partition coefficient (Wildman–Crippen LogP) is 4.78. The molecule has 0 radical (unpaired) electrons. The van der Waals surface area contributed by atoms with Crippen LogP contribution in [0.4, 0.5) is 5.69 Å². The fourth-order valence-corrected chi connectivity index (χ4v) is 3.33. The van der Waals surface area contributed by atoms with E-state index < -0.39 is 11.9 Å². The molecule has 0 aliphatic carbocycles. The second-order valence-corrected chi connectivity index (χ2v) is 6.32. The Hall–Kier alpha value is -3.77. The monoisotopic (exact) mass is 378 g/mol. The standard InChI is InChI=1S/C20H18N4O4/c1-11(20(26)27)18-12(2)24(17-9-8-15(28-3)10-16(17)18)19(25)13-4-6-14(7-5-13)22-23-21/h4-11H,1-3H3,(H,26,27). The summed E-state index contributed by atoms with van der Waals surface area (Å²) in [5, 5.41) is 13.7. The lowest BCUT2D eigenvalue weighted by Gasteiger charge is -2.09. The first-order valence-electron chi connectivity index (χ1n) is 8.50. The van der Waals surface area contributed by atoms with E-state index in [0.717, 1.165) is 0 Å². The molecular formula is C20H18N4O4. The molecule has 0 saturated carbocycles. The van der Waals surface area contributed by atoms with Crippen LogP contribution in [0.5, 0.6) is 5.75 Å². The largest absolute Gasteiger partial charge is 0.497 e. The summed E-state index contributed by atoms with van der Waals surface area (Å²) >= 11 is 0. The quantitative estimate of drug-likeness (QED) is 0.390. The highest BCUT2D eigenvalue weighted by atomic mass is 16.5. The first-order chi connectivity index (χ1) is 13.4. The van der Waals surface area contributed by atoms with E-state index in [1.165, 1.54) is 11.7 Å². The zero-order valence-corrected chi connectivity index (χ0v) is 15.6. The lowest BCUT2D eigenvalue weighted by atomic mass is 9.98. The van der Waals surface area contributed by atoms with Gasteiger partial charge in [0.05, 0.1) is 18.5 Å². The van der Waals surface area contributed by atoms with E-state index >= 15 is 0 Å². The zero-order valence-electron chi connectivity index (χ0n) is 15.6. The van der Waals surface area contributed by atoms with Crippen molar-refractivity contribution in [2.75, 3.05) is 7.11 Å². The normalized spacial score (nSPS) is 11.7. The smallest absolute Gasteiger partial charge is 0.310 e. The molecule has 142 valence electrons. The number of rotatable bonds is 5. The molecule has 0 spiro atoms. The lowest BCUT2D eigenvalue weighted by Crippen LogP contribution is -2.15. The highest BCUT2D eigenvalue weighted by Gasteiger charge is 2.26. The van der Waals surface area contributed by atoms with Crippen LogP contribution in [-0.4, -0.2) is 28.7 Å². The third-order valence-electron chi connectivity index (χ3n) is 4.74. The van der Waals surface area contributed by atoms with Gasteiger partial charge in [-0.05, 0) is 55.3 Å². The van der Waals surface area contributed by atoms with Crippen LogP contribution in [-0.2, 0) is 4.79 Å². The molecule has 1 N–H and O–H groups in total. The molecule has 0 bridgehead atoms. The summed E-state index contributed by atoms with van der Waals surface area (Å²) in [5.41, 5.74) is 11.0. The van der Waals surface area contributed by atoms with Crippen LogP contribution in [0, 0.1) is 6.92 Å². The molecule has 8 nitrogen and oxygen atoms in total. The van der Waals surface area contributed by atoms with E-state index in [9.17, 15) is 14.7 Å². The van der Waals surface area contributed by atoms with Gasteiger partial charge in [0.2, 0.25) is 0 Å². The number of hydrogen-bond acceptors (Lipinski definition) is 4. The number of fused-ring (bicyclic) bond motifs is 1. The minimum Gasteiger partial charge on any atom is -0.497 e. The van der Waals surface area contributed by atoms with Gasteiger partial charge < -0.3 is 9.84 Å². The number of ether oxygens (including phenoxy) is 1. The van der Waals surface area contributed by atoms with Crippen LogP contribution in [0.3, 0.4) is 0 Å². The number of methoxy groups -OCH3 is 1. The second kappa shape index (κ2) is 7.46. The van der Waals surface area contributed by atoms with Crippen molar-refractivity contribution >= 4 is 28.5 Å². The number of carbonyl (C=O) groups is 2. The van der Waals surface area contributed by atoms with Crippen molar-refractivity contribution in [2.24, 2.45) is 5.11 Å². The molecular weight excluding hydrogens is 360 g/mol. The van der Waals surface area contributed by atoms with E-state index in [-0.39, 0.29) is 5.91 Å². The number of benzene rings is 2. The summed E-state index contributed by atoms with van der Waals surface area (Å²) in [6.45, 7) is 3.32. The first kappa shape index (κ1) is 19.0. The Labute approximate surface area is 160 Å². The van der Waals surface area contributed by atoms with Gasteiger partial charge in [0.1, 0.15) is 5.75 Å². The predicted molar refractivity (Wildman–Crippen MR) is 104 cm³/mol. The summed E-state index contributed by atoms with van der Waals surface area (Å²) in [6.07, 6.45) is 0. The lowest BCUT2D eigenvalue weighted by molar-refractivity contribution is -0.138. The van der Waals surface area contributed by atoms with Crippen molar-refractivity contribution in [3.05, 3.63) is 69.7 Å². The van der Waals surface area contributed by atoms with Gasteiger partial charge in [-0.25, -0.2) is 0 Å². The molecule has 3 rings (SSSR count). The molecule has 0 aliphatic rings. The number of hydrogen-bond donors (Lipinski definition) is 1. The van der Waals surface area contributed by atoms with Crippen molar-refractivity contribution in [2.45, 2.75) is 19.8 Å². The van der Waals surface area contributed by atoms with Gasteiger partial charge in [-0.1, -0.05) is 17.2 Å². The zero-order chi connectivity index (χ0) is 20.4. The van der Waals surface area contributed by atoms with E-state index in [4.69, 9.17) is 10.3 Å². The Kier molecular flexibility index (Phi) is 5.06. The Morgan fingerprint density at radius 3 is 2.46 bits per heavy atom. The molecule has 8 heteroatoms. The molecule has 0 saturated heterocycles. The van der Waals surface area contributed by atoms with Crippen LogP contribution >= 0.6 is 0 Å². The van der Waals surface area contributed by atoms with Gasteiger partial charge in [0.15, 0.2) is 0 Å². The summed E-state index contributed by atoms with van der Waals surface area (Å²) < 4.78 is 6.77. The van der Waals surface area contributed by atoms with Crippen molar-refractivity contribution in [1.29, 1.82) is 0 Å². The molecule has 1 heterocycles. The van der Waals surface area contributed by atoms with Gasteiger partial charge in [-0.15, -0.1) is 0 Å². The maximum Gasteiger partial charge on any atom is 0.310 e. The van der Waals surface area contributed by atoms with Crippen molar-refractivity contribution in [1.82, 2.24) is 4.57 Å². The third-order valence-corrected chi connectivity index (χ3v) is 4.74. The molecule has 1 unspecified atom stereocenters. The fourth-order valence-electron chi connectivity index (χ4n) is 3.33. The van der Waals surface area contributed by atoms with Crippen molar-refractivity contribution in [3.8, 4) is 5.75 Å². The van der Waals surface area contributed by atoms with Crippen molar-refractivity contribution < 1.29 is 19.4 Å². The minimum absolute atomic E-state index is 0.302. The van der Waals surface area contributed by atoms with Crippen LogP contribution in [0.2, 0.25) is 0 Å². The molecule has 28 heavy (non-hydrogen) atoms. The van der Waals surface area contributed by atoms with E-state index in [1.807, 2.05) is 0 Å². The van der Waals surface area contributed by atoms with Gasteiger partial charge in [0, 0.05) is 27.2 Å². The highest BCUT2D eigenvalue weighted by Crippen LogP contribution is 2.35. The number of azide groups is 1. The Morgan fingerprint density at radius 1 is 1.21 bits per heavy atom. The first-order valence-corrected chi connectivity index (χ1v) is 8.50. The van der Waals surface area contributed by atoms with Gasteiger partial charge >= 0.3 is 5.97 Å². The fraction of sp³-hybridized carbons (Fsp3) is 0.200. The summed E-state index contributed by atoms with van der Waals surface area (Å²) in [4.78, 5) is 27.5. The van der Waals surface area contributed by atoms with Crippen LogP contribution in [0.1, 0.15) is 34.5 Å². The highest BCUT2D eigenvalue weighted by molar-refractivity contribution is 6.05. The molecule has 2 aromatic carbocycles. The second-order valence-electron chi connectivity index (χ2n) is 6.32. The van der Waals surface area contributed by atoms with Crippen LogP contribution in [0.15, 0.2) is 47.6 Å². The number of carboxylic acid groups (broad SMARTS) is 1. The number of aromatic nitrogens is 1. The topological polar surface area (TPSA) is 117 Å². The number of carbonyl (C=O) groups excluding carboxylic acids is 1.